The molecule has 1 radical (unpaired) electrons. The summed E-state index contributed by atoms with van der Waals surface area (Å²) in [5.41, 5.74) is 0. The molecule has 0 aliphatic carbocycles. The van der Waals surface area contributed by atoms with E-state index in [1.54, 1.807) is 0 Å². The summed E-state index contributed by atoms with van der Waals surface area (Å²) in [5, 5.41) is -2.03. The van der Waals surface area contributed by atoms with Crippen LogP contribution in [0.4, 0.5) is 0 Å². The van der Waals surface area contributed by atoms with E-state index in [4.69, 9.17) is 18.9 Å². The van der Waals surface area contributed by atoms with Crippen LogP contribution in [0.1, 0.15) is 200 Å². The topological polar surface area (TPSA) is 125 Å². The molecule has 0 spiro atoms. The molecule has 0 rings (SSSR count). The van der Waals surface area contributed by atoms with Crippen molar-refractivity contribution in [2.75, 3.05) is 39.6 Å². The van der Waals surface area contributed by atoms with Crippen LogP contribution in [0.3, 0.4) is 0 Å². The van der Waals surface area contributed by atoms with E-state index in [1.165, 1.54) is 154 Å². The van der Waals surface area contributed by atoms with Gasteiger partial charge in [0.2, 0.25) is 0 Å². The maximum Gasteiger partial charge on any atom is 0.327 e. The molecular weight excluding hydrogens is 679 g/mol. The van der Waals surface area contributed by atoms with Gasteiger partial charge in [0.25, 0.3) is 10.1 Å². The Morgan fingerprint density at radius 2 is 0.745 bits per heavy atom. The van der Waals surface area contributed by atoms with Crippen molar-refractivity contribution in [2.45, 2.75) is 205 Å². The Morgan fingerprint density at radius 3 is 1.06 bits per heavy atom. The van der Waals surface area contributed by atoms with Gasteiger partial charge in [-0.05, 0) is 12.8 Å². The number of rotatable bonds is 40. The van der Waals surface area contributed by atoms with E-state index in [0.717, 1.165) is 25.7 Å². The average Bonchev–Trinajstić information content (AvgIpc) is 3.09. The van der Waals surface area contributed by atoms with E-state index in [-0.39, 0.29) is 56.0 Å². The summed E-state index contributed by atoms with van der Waals surface area (Å²) in [6.07, 6.45) is 35.0. The van der Waals surface area contributed by atoms with Crippen molar-refractivity contribution < 1.29 is 41.5 Å². The number of carbonyl (C=O) groups is 2. The van der Waals surface area contributed by atoms with E-state index in [1.807, 2.05) is 0 Å². The molecule has 0 aliphatic heterocycles. The maximum absolute atomic E-state index is 12.3. The van der Waals surface area contributed by atoms with Gasteiger partial charge < -0.3 is 18.9 Å². The molecule has 1 unspecified atom stereocenters. The van der Waals surface area contributed by atoms with Crippen LogP contribution in [0, 0.1) is 0 Å². The molecular formula is C40H78NaO9S. The van der Waals surface area contributed by atoms with Crippen LogP contribution in [-0.2, 0) is 38.7 Å². The minimum Gasteiger partial charge on any atom is -0.463 e. The third kappa shape index (κ3) is 39.3. The van der Waals surface area contributed by atoms with Crippen molar-refractivity contribution >= 4 is 51.6 Å². The quantitative estimate of drug-likeness (QED) is 0.0281. The molecule has 0 bridgehead atoms. The van der Waals surface area contributed by atoms with Crippen LogP contribution >= 0.6 is 0 Å². The number of ether oxygens (including phenoxy) is 4. The zero-order valence-electron chi connectivity index (χ0n) is 33.4. The van der Waals surface area contributed by atoms with Crippen molar-refractivity contribution in [3.05, 3.63) is 0 Å². The van der Waals surface area contributed by atoms with Gasteiger partial charge in [0.1, 0.15) is 13.2 Å². The molecule has 0 amide bonds. The Bertz CT molecular complexity index is 857. The minimum absolute atomic E-state index is 0. The monoisotopic (exact) mass is 758 g/mol. The van der Waals surface area contributed by atoms with E-state index in [0.29, 0.717) is 13.2 Å². The summed E-state index contributed by atoms with van der Waals surface area (Å²) in [4.78, 5) is 24.4. The first kappa shape index (κ1) is 52.9. The molecule has 0 aromatic rings. The van der Waals surface area contributed by atoms with Gasteiger partial charge in [-0.15, -0.1) is 0 Å². The van der Waals surface area contributed by atoms with Crippen LogP contribution < -0.4 is 0 Å². The molecule has 1 atom stereocenters. The smallest absolute Gasteiger partial charge is 0.327 e. The first-order valence-electron chi connectivity index (χ1n) is 20.8. The molecule has 51 heavy (non-hydrogen) atoms. The molecule has 11 heteroatoms. The Kier molecular flexibility index (Phi) is 42.4. The van der Waals surface area contributed by atoms with Gasteiger partial charge in [-0.2, -0.15) is 8.42 Å². The second kappa shape index (κ2) is 40.9. The summed E-state index contributed by atoms with van der Waals surface area (Å²) in [6.45, 7) is 5.68. The van der Waals surface area contributed by atoms with Crippen molar-refractivity contribution in [3.63, 3.8) is 0 Å². The predicted molar refractivity (Wildman–Crippen MR) is 210 cm³/mol. The molecule has 0 aromatic carbocycles. The van der Waals surface area contributed by atoms with E-state index in [9.17, 15) is 22.6 Å². The third-order valence-electron chi connectivity index (χ3n) is 9.22. The number of carbonyl (C=O) groups excluding carboxylic acids is 2. The van der Waals surface area contributed by atoms with Crippen LogP contribution in [0.2, 0.25) is 0 Å². The number of unbranched alkanes of at least 4 members (excludes halogenated alkanes) is 26. The second-order valence-corrected chi connectivity index (χ2v) is 15.6. The number of esters is 2. The van der Waals surface area contributed by atoms with Crippen molar-refractivity contribution in [2.24, 2.45) is 0 Å². The minimum atomic E-state index is -4.84. The summed E-state index contributed by atoms with van der Waals surface area (Å²) in [6, 6.07) is 0. The van der Waals surface area contributed by atoms with E-state index >= 15 is 0 Å². The number of hydrogen-bond acceptors (Lipinski definition) is 8. The van der Waals surface area contributed by atoms with Crippen LogP contribution in [0.5, 0.6) is 0 Å². The third-order valence-corrected chi connectivity index (χ3v) is 10.3. The van der Waals surface area contributed by atoms with Crippen LogP contribution in [-0.4, -0.2) is 99.4 Å². The maximum atomic E-state index is 12.3. The molecule has 0 saturated heterocycles. The molecule has 0 aliphatic rings. The normalized spacial score (nSPS) is 12.1. The van der Waals surface area contributed by atoms with Gasteiger partial charge in [0.15, 0.2) is 5.25 Å². The Labute approximate surface area is 336 Å². The predicted octanol–water partition coefficient (Wildman–Crippen LogP) is 10.3. The van der Waals surface area contributed by atoms with Crippen LogP contribution in [0.15, 0.2) is 0 Å². The van der Waals surface area contributed by atoms with Gasteiger partial charge >= 0.3 is 11.9 Å². The van der Waals surface area contributed by atoms with Gasteiger partial charge in [-0.25, -0.2) is 0 Å². The van der Waals surface area contributed by atoms with Crippen LogP contribution in [0.25, 0.3) is 0 Å². The molecule has 0 saturated carbocycles. The zero-order chi connectivity index (χ0) is 36.8. The van der Waals surface area contributed by atoms with Gasteiger partial charge in [-0.3, -0.25) is 14.1 Å². The first-order valence-corrected chi connectivity index (χ1v) is 22.3. The van der Waals surface area contributed by atoms with Crippen molar-refractivity contribution in [1.82, 2.24) is 0 Å². The summed E-state index contributed by atoms with van der Waals surface area (Å²) < 4.78 is 53.9. The van der Waals surface area contributed by atoms with E-state index < -0.39 is 33.7 Å². The molecule has 0 aromatic heterocycles. The molecule has 9 nitrogen and oxygen atoms in total. The van der Waals surface area contributed by atoms with Gasteiger partial charge in [0.05, 0.1) is 19.6 Å². The number of hydrogen-bond donors (Lipinski definition) is 1. The summed E-state index contributed by atoms with van der Waals surface area (Å²) >= 11 is 0. The summed E-state index contributed by atoms with van der Waals surface area (Å²) in [7, 11) is -4.84. The molecule has 1 N–H and O–H groups in total. The zero-order valence-corrected chi connectivity index (χ0v) is 36.3. The fourth-order valence-corrected chi connectivity index (χ4v) is 6.69. The van der Waals surface area contributed by atoms with Crippen molar-refractivity contribution in [3.8, 4) is 0 Å². The van der Waals surface area contributed by atoms with Gasteiger partial charge in [0, 0.05) is 42.8 Å². The second-order valence-electron chi connectivity index (χ2n) is 14.0. The van der Waals surface area contributed by atoms with E-state index in [2.05, 4.69) is 13.8 Å². The largest absolute Gasteiger partial charge is 0.463 e. The Morgan fingerprint density at radius 1 is 0.451 bits per heavy atom. The SMILES string of the molecule is CCCCCCCCCCCCCCCCOCCOC(=O)CC(C(=O)OCCOCCCCCCCCCCCCCCCC)S(=O)(=O)O.[Na]. The molecule has 299 valence electrons. The Hall–Kier alpha value is -0.230. The first-order chi connectivity index (χ1) is 24.3. The fraction of sp³-hybridized carbons (Fsp3) is 0.950. The summed E-state index contributed by atoms with van der Waals surface area (Å²) in [5.74, 6) is -2.11. The molecule has 0 heterocycles. The van der Waals surface area contributed by atoms with Gasteiger partial charge in [-0.1, -0.05) is 181 Å². The van der Waals surface area contributed by atoms with Crippen molar-refractivity contribution in [1.29, 1.82) is 0 Å². The standard InChI is InChI=1S/C40H78O9S.Na/c1-3-5-7-9-11-13-15-17-19-21-23-25-27-29-31-46-33-35-48-39(41)37-38(50(43,44)45)40(42)49-36-34-47-32-30-28-26-24-22-20-18-16-14-12-10-8-6-4-2;/h38H,3-37H2,1-2H3,(H,43,44,45);. The fourth-order valence-electron chi connectivity index (χ4n) is 6.03. The Balaban J connectivity index is 0. The average molecular weight is 758 g/mol. The molecule has 0 fully saturated rings.